The molecule has 0 heterocycles. The highest BCUT2D eigenvalue weighted by molar-refractivity contribution is 5.86. The van der Waals surface area contributed by atoms with Crippen LogP contribution in [0.15, 0.2) is 36.1 Å². The molecule has 0 aliphatic carbocycles. The highest BCUT2D eigenvalue weighted by Gasteiger charge is 2.00. The lowest BCUT2D eigenvalue weighted by molar-refractivity contribution is -0.132. The van der Waals surface area contributed by atoms with Gasteiger partial charge in [-0.05, 0) is 25.7 Å². The third-order valence-corrected chi connectivity index (χ3v) is 2.14. The van der Waals surface area contributed by atoms with Gasteiger partial charge >= 0.3 is 12.0 Å². The van der Waals surface area contributed by atoms with Gasteiger partial charge in [0.1, 0.15) is 6.26 Å². The zero-order valence-corrected chi connectivity index (χ0v) is 10.4. The Morgan fingerprint density at radius 3 is 2.61 bits per heavy atom. The molecule has 0 bridgehead atoms. The average Bonchev–Trinajstić information content (AvgIpc) is 2.31. The van der Waals surface area contributed by atoms with Crippen LogP contribution < -0.4 is 0 Å². The SMILES string of the molecule is CCC(=CC=CCCCCOC=C(F)F)C(=O)O. The molecular weight excluding hydrogens is 242 g/mol. The van der Waals surface area contributed by atoms with Crippen molar-refractivity contribution in [1.82, 2.24) is 0 Å². The Balaban J connectivity index is 3.66. The minimum atomic E-state index is -1.83. The quantitative estimate of drug-likeness (QED) is 0.296. The molecule has 0 atom stereocenters. The third kappa shape index (κ3) is 9.57. The fourth-order valence-electron chi connectivity index (χ4n) is 1.19. The molecule has 0 unspecified atom stereocenters. The lowest BCUT2D eigenvalue weighted by Crippen LogP contribution is -1.97. The molecule has 5 heteroatoms. The molecule has 0 aromatic heterocycles. The van der Waals surface area contributed by atoms with Crippen molar-refractivity contribution in [2.45, 2.75) is 32.6 Å². The number of allylic oxidation sites excluding steroid dienone is 3. The van der Waals surface area contributed by atoms with E-state index in [1.165, 1.54) is 0 Å². The number of halogens is 2. The van der Waals surface area contributed by atoms with Gasteiger partial charge < -0.3 is 9.84 Å². The zero-order chi connectivity index (χ0) is 13.8. The van der Waals surface area contributed by atoms with Crippen molar-refractivity contribution in [3.05, 3.63) is 36.1 Å². The van der Waals surface area contributed by atoms with Crippen molar-refractivity contribution < 1.29 is 23.4 Å². The van der Waals surface area contributed by atoms with Crippen LogP contribution in [0.25, 0.3) is 0 Å². The predicted molar refractivity (Wildman–Crippen MR) is 65.3 cm³/mol. The zero-order valence-electron chi connectivity index (χ0n) is 10.4. The first-order valence-electron chi connectivity index (χ1n) is 5.79. The second-order valence-corrected chi connectivity index (χ2v) is 3.55. The van der Waals surface area contributed by atoms with Gasteiger partial charge in [0.05, 0.1) is 6.61 Å². The van der Waals surface area contributed by atoms with Crippen LogP contribution in [0.5, 0.6) is 0 Å². The number of carboxylic acids is 1. The molecule has 0 rings (SSSR count). The van der Waals surface area contributed by atoms with Crippen molar-refractivity contribution in [2.24, 2.45) is 0 Å². The van der Waals surface area contributed by atoms with Crippen molar-refractivity contribution in [3.63, 3.8) is 0 Å². The van der Waals surface area contributed by atoms with E-state index in [2.05, 4.69) is 4.74 Å². The van der Waals surface area contributed by atoms with Gasteiger partial charge in [-0.1, -0.05) is 25.2 Å². The Hall–Kier alpha value is -1.65. The highest BCUT2D eigenvalue weighted by atomic mass is 19.3. The summed E-state index contributed by atoms with van der Waals surface area (Å²) in [5.41, 5.74) is 0.359. The van der Waals surface area contributed by atoms with Crippen LogP contribution in [0.3, 0.4) is 0 Å². The molecule has 18 heavy (non-hydrogen) atoms. The van der Waals surface area contributed by atoms with E-state index in [0.717, 1.165) is 12.8 Å². The van der Waals surface area contributed by atoms with Crippen LogP contribution in [0.1, 0.15) is 32.6 Å². The van der Waals surface area contributed by atoms with Gasteiger partial charge in [-0.3, -0.25) is 0 Å². The van der Waals surface area contributed by atoms with E-state index in [1.54, 1.807) is 19.1 Å². The van der Waals surface area contributed by atoms with E-state index in [9.17, 15) is 13.6 Å². The number of hydrogen-bond donors (Lipinski definition) is 1. The highest BCUT2D eigenvalue weighted by Crippen LogP contribution is 2.03. The predicted octanol–water partition coefficient (Wildman–Crippen LogP) is 3.89. The Bertz CT molecular complexity index is 329. The van der Waals surface area contributed by atoms with Gasteiger partial charge in [0.25, 0.3) is 0 Å². The number of unbranched alkanes of at least 4 members (excludes halogenated alkanes) is 2. The molecule has 3 nitrogen and oxygen atoms in total. The van der Waals surface area contributed by atoms with E-state index in [0.29, 0.717) is 24.7 Å². The topological polar surface area (TPSA) is 46.5 Å². The van der Waals surface area contributed by atoms with Gasteiger partial charge in [0.2, 0.25) is 0 Å². The summed E-state index contributed by atoms with van der Waals surface area (Å²) >= 11 is 0. The summed E-state index contributed by atoms with van der Waals surface area (Å²) in [5.74, 6) is -0.907. The molecule has 0 amide bonds. The number of ether oxygens (including phenoxy) is 1. The summed E-state index contributed by atoms with van der Waals surface area (Å²) in [4.78, 5) is 10.6. The fraction of sp³-hybridized carbons (Fsp3) is 0.462. The Morgan fingerprint density at radius 1 is 1.33 bits per heavy atom. The number of carboxylic acid groups (broad SMARTS) is 1. The summed E-state index contributed by atoms with van der Waals surface area (Å²) < 4.78 is 27.7. The van der Waals surface area contributed by atoms with Crippen LogP contribution in [-0.2, 0) is 9.53 Å². The smallest absolute Gasteiger partial charge is 0.331 e. The molecule has 0 aromatic rings. The van der Waals surface area contributed by atoms with E-state index in [1.807, 2.05) is 6.08 Å². The molecule has 0 saturated heterocycles. The maximum atomic E-state index is 11.6. The standard InChI is InChI=1S/C13H18F2O3/c1-2-11(13(16)17)8-6-4-3-5-7-9-18-10-12(14)15/h4,6,8,10H,2-3,5,7,9H2,1H3,(H,16,17). The molecule has 1 N–H and O–H groups in total. The summed E-state index contributed by atoms with van der Waals surface area (Å²) in [6.45, 7) is 2.04. The van der Waals surface area contributed by atoms with Crippen LogP contribution >= 0.6 is 0 Å². The van der Waals surface area contributed by atoms with Crippen molar-refractivity contribution in [1.29, 1.82) is 0 Å². The minimum Gasteiger partial charge on any atom is -0.496 e. The number of aliphatic carboxylic acids is 1. The minimum absolute atomic E-state index is 0.260. The lowest BCUT2D eigenvalue weighted by atomic mass is 10.2. The first-order chi connectivity index (χ1) is 8.57. The summed E-state index contributed by atoms with van der Waals surface area (Å²) in [6.07, 6.45) is 6.46. The van der Waals surface area contributed by atoms with Crippen LogP contribution in [0.2, 0.25) is 0 Å². The molecule has 0 aromatic carbocycles. The maximum absolute atomic E-state index is 11.6. The van der Waals surface area contributed by atoms with Gasteiger partial charge in [-0.25, -0.2) is 4.79 Å². The van der Waals surface area contributed by atoms with Crippen molar-refractivity contribution in [3.8, 4) is 0 Å². The largest absolute Gasteiger partial charge is 0.496 e. The summed E-state index contributed by atoms with van der Waals surface area (Å²) in [7, 11) is 0. The second kappa shape index (κ2) is 10.5. The lowest BCUT2D eigenvalue weighted by Gasteiger charge is -1.98. The number of carbonyl (C=O) groups is 1. The second-order valence-electron chi connectivity index (χ2n) is 3.55. The van der Waals surface area contributed by atoms with E-state index in [4.69, 9.17) is 5.11 Å². The molecule has 0 aliphatic rings. The van der Waals surface area contributed by atoms with Crippen LogP contribution in [0.4, 0.5) is 8.78 Å². The summed E-state index contributed by atoms with van der Waals surface area (Å²) in [6, 6.07) is 0. The molecule has 0 fully saturated rings. The van der Waals surface area contributed by atoms with Crippen molar-refractivity contribution in [2.75, 3.05) is 6.61 Å². The molecule has 0 aliphatic heterocycles. The van der Waals surface area contributed by atoms with Crippen LogP contribution in [0, 0.1) is 0 Å². The average molecular weight is 260 g/mol. The normalized spacial score (nSPS) is 11.6. The summed E-state index contributed by atoms with van der Waals surface area (Å²) in [5, 5.41) is 8.73. The van der Waals surface area contributed by atoms with E-state index in [-0.39, 0.29) is 6.61 Å². The molecule has 0 spiro atoms. The van der Waals surface area contributed by atoms with Gasteiger partial charge in [-0.2, -0.15) is 8.78 Å². The maximum Gasteiger partial charge on any atom is 0.331 e. The number of rotatable bonds is 9. The van der Waals surface area contributed by atoms with Gasteiger partial charge in [0, 0.05) is 5.57 Å². The molecule has 0 radical (unpaired) electrons. The van der Waals surface area contributed by atoms with Crippen LogP contribution in [-0.4, -0.2) is 17.7 Å². The van der Waals surface area contributed by atoms with E-state index < -0.39 is 12.0 Å². The van der Waals surface area contributed by atoms with Gasteiger partial charge in [0.15, 0.2) is 0 Å². The van der Waals surface area contributed by atoms with E-state index >= 15 is 0 Å². The third-order valence-electron chi connectivity index (χ3n) is 2.14. The first kappa shape index (κ1) is 16.4. The molecule has 0 saturated carbocycles. The molecular formula is C13H18F2O3. The molecule has 102 valence electrons. The Morgan fingerprint density at radius 2 is 2.06 bits per heavy atom. The fourth-order valence-corrected chi connectivity index (χ4v) is 1.19. The Kier molecular flexibility index (Phi) is 9.54. The number of hydrogen-bond acceptors (Lipinski definition) is 2. The van der Waals surface area contributed by atoms with Crippen molar-refractivity contribution >= 4 is 5.97 Å². The van der Waals surface area contributed by atoms with Gasteiger partial charge in [-0.15, -0.1) is 0 Å². The first-order valence-corrected chi connectivity index (χ1v) is 5.79. The Labute approximate surface area is 105 Å². The monoisotopic (exact) mass is 260 g/mol.